The summed E-state index contributed by atoms with van der Waals surface area (Å²) < 4.78 is 24.2. The summed E-state index contributed by atoms with van der Waals surface area (Å²) >= 11 is 0. The van der Waals surface area contributed by atoms with Gasteiger partial charge in [0.05, 0.1) is 0 Å². The van der Waals surface area contributed by atoms with Gasteiger partial charge in [-0.15, -0.1) is 10.2 Å². The van der Waals surface area contributed by atoms with Crippen LogP contribution in [0.3, 0.4) is 0 Å². The average Bonchev–Trinajstić information content (AvgIpc) is 2.72. The van der Waals surface area contributed by atoms with E-state index >= 15 is 0 Å². The van der Waals surface area contributed by atoms with Gasteiger partial charge in [0.15, 0.2) is 5.82 Å². The second-order valence-corrected chi connectivity index (χ2v) is 5.83. The van der Waals surface area contributed by atoms with Crippen molar-refractivity contribution >= 4 is 15.8 Å². The van der Waals surface area contributed by atoms with Gasteiger partial charge in [0, 0.05) is 11.8 Å². The van der Waals surface area contributed by atoms with Gasteiger partial charge in [-0.3, -0.25) is 9.36 Å². The molecule has 0 aliphatic carbocycles. The highest BCUT2D eigenvalue weighted by atomic mass is 32.2. The molecule has 1 aromatic heterocycles. The molecular weight excluding hydrogens is 270 g/mol. The van der Waals surface area contributed by atoms with Gasteiger partial charge in [0.2, 0.25) is 15.0 Å². The number of nitrogens with zero attached hydrogens (tertiary/aromatic N) is 3. The second kappa shape index (κ2) is 4.81. The molecule has 1 heterocycles. The Morgan fingerprint density at radius 3 is 2.42 bits per heavy atom. The smallest absolute Gasteiger partial charge is 0.323 e. The summed E-state index contributed by atoms with van der Waals surface area (Å²) in [6.45, 7) is -0.514. The predicted octanol–water partition coefficient (Wildman–Crippen LogP) is 0.433. The van der Waals surface area contributed by atoms with Gasteiger partial charge < -0.3 is 5.11 Å². The summed E-state index contributed by atoms with van der Waals surface area (Å²) in [4.78, 5) is 10.9. The molecule has 1 N–H and O–H groups in total. The molecule has 0 aliphatic heterocycles. The van der Waals surface area contributed by atoms with Gasteiger partial charge in [-0.25, -0.2) is 8.42 Å². The van der Waals surface area contributed by atoms with Crippen molar-refractivity contribution in [3.63, 3.8) is 0 Å². The lowest BCUT2D eigenvalue weighted by molar-refractivity contribution is -0.137. The number of hydrogen-bond donors (Lipinski definition) is 1. The van der Waals surface area contributed by atoms with Gasteiger partial charge in [0.1, 0.15) is 6.54 Å². The van der Waals surface area contributed by atoms with Crippen LogP contribution in [0.5, 0.6) is 0 Å². The largest absolute Gasteiger partial charge is 0.480 e. The van der Waals surface area contributed by atoms with Gasteiger partial charge in [-0.1, -0.05) is 30.3 Å². The highest BCUT2D eigenvalue weighted by molar-refractivity contribution is 7.90. The Kier molecular flexibility index (Phi) is 3.34. The van der Waals surface area contributed by atoms with Gasteiger partial charge >= 0.3 is 5.97 Å². The number of carboxylic acid groups (broad SMARTS) is 1. The van der Waals surface area contributed by atoms with Crippen LogP contribution in [-0.4, -0.2) is 40.5 Å². The normalized spacial score (nSPS) is 11.4. The lowest BCUT2D eigenvalue weighted by Gasteiger charge is -2.06. The number of carboxylic acids is 1. The standard InChI is InChI=1S/C11H11N3O4S/c1-19(17,18)11-13-12-10(14(11)7-9(15)16)8-5-3-2-4-6-8/h2-6H,7H2,1H3,(H,15,16). The van der Waals surface area contributed by atoms with E-state index in [1.165, 1.54) is 0 Å². The number of benzene rings is 1. The van der Waals surface area contributed by atoms with E-state index in [1.54, 1.807) is 30.3 Å². The molecule has 0 saturated heterocycles. The molecule has 0 amide bonds. The number of carbonyl (C=O) groups is 1. The molecule has 0 fully saturated rings. The van der Waals surface area contributed by atoms with Crippen LogP contribution in [0.15, 0.2) is 35.5 Å². The van der Waals surface area contributed by atoms with Crippen molar-refractivity contribution < 1.29 is 18.3 Å². The lowest BCUT2D eigenvalue weighted by atomic mass is 10.2. The molecule has 100 valence electrons. The molecule has 0 spiro atoms. The van der Waals surface area contributed by atoms with Crippen molar-refractivity contribution in [1.82, 2.24) is 14.8 Å². The predicted molar refractivity (Wildman–Crippen MR) is 66.2 cm³/mol. The minimum atomic E-state index is -3.64. The molecule has 0 bridgehead atoms. The van der Waals surface area contributed by atoms with Crippen molar-refractivity contribution in [2.45, 2.75) is 11.7 Å². The van der Waals surface area contributed by atoms with Crippen LogP contribution < -0.4 is 0 Å². The molecule has 0 atom stereocenters. The summed E-state index contributed by atoms with van der Waals surface area (Å²) in [5.41, 5.74) is 0.603. The first-order valence-corrected chi connectivity index (χ1v) is 7.19. The molecule has 8 heteroatoms. The number of rotatable bonds is 4. The molecule has 0 aliphatic rings. The Morgan fingerprint density at radius 2 is 1.89 bits per heavy atom. The highest BCUT2D eigenvalue weighted by Gasteiger charge is 2.22. The SMILES string of the molecule is CS(=O)(=O)c1nnc(-c2ccccc2)n1CC(=O)O. The Labute approximate surface area is 109 Å². The first-order chi connectivity index (χ1) is 8.89. The summed E-state index contributed by atoms with van der Waals surface area (Å²) in [6, 6.07) is 8.69. The quantitative estimate of drug-likeness (QED) is 0.872. The summed E-state index contributed by atoms with van der Waals surface area (Å²) in [5, 5.41) is 15.9. The van der Waals surface area contributed by atoms with E-state index < -0.39 is 22.4 Å². The summed E-state index contributed by atoms with van der Waals surface area (Å²) in [7, 11) is -3.64. The second-order valence-electron chi connectivity index (χ2n) is 3.92. The molecule has 0 saturated carbocycles. The summed E-state index contributed by atoms with van der Waals surface area (Å²) in [6.07, 6.45) is 0.962. The van der Waals surface area contributed by atoms with Crippen LogP contribution in [0.2, 0.25) is 0 Å². The minimum Gasteiger partial charge on any atom is -0.480 e. The molecule has 19 heavy (non-hydrogen) atoms. The van der Waals surface area contributed by atoms with Crippen LogP contribution in [0, 0.1) is 0 Å². The van der Waals surface area contributed by atoms with E-state index in [4.69, 9.17) is 5.11 Å². The van der Waals surface area contributed by atoms with E-state index in [1.807, 2.05) is 0 Å². The fourth-order valence-corrected chi connectivity index (χ4v) is 2.38. The lowest BCUT2D eigenvalue weighted by Crippen LogP contribution is -2.15. The zero-order valence-electron chi connectivity index (χ0n) is 10.0. The number of aromatic nitrogens is 3. The maximum absolute atomic E-state index is 11.6. The zero-order chi connectivity index (χ0) is 14.0. The van der Waals surface area contributed by atoms with E-state index in [9.17, 15) is 13.2 Å². The van der Waals surface area contributed by atoms with Crippen LogP contribution >= 0.6 is 0 Å². The topological polar surface area (TPSA) is 102 Å². The van der Waals surface area contributed by atoms with Gasteiger partial charge in [-0.05, 0) is 0 Å². The maximum Gasteiger partial charge on any atom is 0.323 e. The molecule has 1 aromatic carbocycles. The molecule has 0 radical (unpaired) electrons. The highest BCUT2D eigenvalue weighted by Crippen LogP contribution is 2.20. The monoisotopic (exact) mass is 281 g/mol. The van der Waals surface area contributed by atoms with Gasteiger partial charge in [0.25, 0.3) is 0 Å². The average molecular weight is 281 g/mol. The first kappa shape index (κ1) is 13.2. The minimum absolute atomic E-state index is 0.212. The van der Waals surface area contributed by atoms with E-state index in [2.05, 4.69) is 10.2 Å². The molecule has 2 rings (SSSR count). The third-order valence-electron chi connectivity index (χ3n) is 2.37. The molecule has 2 aromatic rings. The van der Waals surface area contributed by atoms with Crippen LogP contribution in [0.25, 0.3) is 11.4 Å². The third-order valence-corrected chi connectivity index (χ3v) is 3.34. The van der Waals surface area contributed by atoms with Crippen LogP contribution in [0.1, 0.15) is 0 Å². The van der Waals surface area contributed by atoms with Crippen molar-refractivity contribution in [2.24, 2.45) is 0 Å². The van der Waals surface area contributed by atoms with Crippen molar-refractivity contribution in [3.8, 4) is 11.4 Å². The number of hydrogen-bond acceptors (Lipinski definition) is 5. The van der Waals surface area contributed by atoms with E-state index in [-0.39, 0.29) is 11.0 Å². The number of aliphatic carboxylic acids is 1. The Morgan fingerprint density at radius 1 is 1.26 bits per heavy atom. The fraction of sp³-hybridized carbons (Fsp3) is 0.182. The van der Waals surface area contributed by atoms with E-state index in [0.29, 0.717) is 5.56 Å². The number of sulfone groups is 1. The van der Waals surface area contributed by atoms with Crippen LogP contribution in [-0.2, 0) is 21.2 Å². The molecule has 7 nitrogen and oxygen atoms in total. The summed E-state index contributed by atoms with van der Waals surface area (Å²) in [5.74, 6) is -0.953. The fourth-order valence-electron chi connectivity index (χ4n) is 1.64. The van der Waals surface area contributed by atoms with Crippen molar-refractivity contribution in [3.05, 3.63) is 30.3 Å². The van der Waals surface area contributed by atoms with E-state index in [0.717, 1.165) is 10.8 Å². The molecular formula is C11H11N3O4S. The van der Waals surface area contributed by atoms with Crippen molar-refractivity contribution in [1.29, 1.82) is 0 Å². The zero-order valence-corrected chi connectivity index (χ0v) is 10.8. The van der Waals surface area contributed by atoms with Crippen LogP contribution in [0.4, 0.5) is 0 Å². The Bertz CT molecular complexity index is 707. The first-order valence-electron chi connectivity index (χ1n) is 5.30. The Balaban J connectivity index is 2.63. The third kappa shape index (κ3) is 2.79. The molecule has 0 unspecified atom stereocenters. The maximum atomic E-state index is 11.6. The van der Waals surface area contributed by atoms with Crippen molar-refractivity contribution in [2.75, 3.05) is 6.26 Å². The van der Waals surface area contributed by atoms with Gasteiger partial charge in [-0.2, -0.15) is 0 Å². The Hall–Kier alpha value is -2.22.